The number of carbonyl (C=O) groups excluding carboxylic acids is 8. The summed E-state index contributed by atoms with van der Waals surface area (Å²) in [4.78, 5) is 109. The summed E-state index contributed by atoms with van der Waals surface area (Å²) >= 11 is 0. The number of aliphatic hydroxyl groups excluding tert-OH is 3. The first-order valence-electron chi connectivity index (χ1n) is 19.1. The van der Waals surface area contributed by atoms with E-state index in [0.717, 1.165) is 0 Å². The van der Waals surface area contributed by atoms with E-state index < -0.39 is 121 Å². The van der Waals surface area contributed by atoms with E-state index in [1.54, 1.807) is 41.5 Å². The molecule has 0 aromatic heterocycles. The Morgan fingerprint density at radius 1 is 0.618 bits per heavy atom. The van der Waals surface area contributed by atoms with Crippen molar-refractivity contribution in [2.24, 2.45) is 17.8 Å². The van der Waals surface area contributed by atoms with Crippen LogP contribution in [0.1, 0.15) is 87.5 Å². The highest BCUT2D eigenvalue weighted by atomic mass is 16.3. The quantitative estimate of drug-likeness (QED) is 0.112. The van der Waals surface area contributed by atoms with Crippen molar-refractivity contribution >= 4 is 47.3 Å². The number of aliphatic hydroxyl groups is 3. The molecule has 2 aliphatic rings. The molecule has 10 atom stereocenters. The SMILES string of the molecule is CC[C@H](C)[C@@H]1NC(=O)[C@H]([C@@H](C)O)NC(=O)[C@H](CO)NC(=O)[C@H](CC(C)C)NC(=O)CNC(=O)[C@@H]2CCCN2C(=O)[C@H]([C@@H](C)O)NC(=O)[C@H](CC(C)C)NC1=O. The molecule has 0 aromatic rings. The average Bonchev–Trinajstić information content (AvgIpc) is 3.60. The Labute approximate surface area is 322 Å². The fourth-order valence-corrected chi connectivity index (χ4v) is 6.39. The van der Waals surface area contributed by atoms with Crippen LogP contribution < -0.4 is 37.2 Å². The Morgan fingerprint density at radius 3 is 1.62 bits per heavy atom. The van der Waals surface area contributed by atoms with Gasteiger partial charge in [-0.3, -0.25) is 38.4 Å². The highest BCUT2D eigenvalue weighted by molar-refractivity contribution is 5.98. The van der Waals surface area contributed by atoms with Gasteiger partial charge in [0.15, 0.2) is 0 Å². The van der Waals surface area contributed by atoms with E-state index in [4.69, 9.17) is 0 Å². The fraction of sp³-hybridized carbons (Fsp3) is 0.778. The summed E-state index contributed by atoms with van der Waals surface area (Å²) in [6.45, 7) is 11.7. The second-order valence-corrected chi connectivity index (χ2v) is 15.4. The molecule has 19 nitrogen and oxygen atoms in total. The minimum absolute atomic E-state index is 0.0922. The molecular formula is C36H62N8O11. The summed E-state index contributed by atoms with van der Waals surface area (Å²) in [5.41, 5.74) is 0. The van der Waals surface area contributed by atoms with Gasteiger partial charge in [0.1, 0.15) is 42.3 Å². The lowest BCUT2D eigenvalue weighted by molar-refractivity contribution is -0.144. The number of amides is 8. The van der Waals surface area contributed by atoms with Gasteiger partial charge in [-0.2, -0.15) is 0 Å². The highest BCUT2D eigenvalue weighted by Crippen LogP contribution is 2.20. The topological polar surface area (TPSA) is 285 Å². The van der Waals surface area contributed by atoms with E-state index in [-0.39, 0.29) is 37.6 Å². The van der Waals surface area contributed by atoms with Crippen molar-refractivity contribution in [1.29, 1.82) is 0 Å². The van der Waals surface area contributed by atoms with Crippen LogP contribution in [0, 0.1) is 17.8 Å². The minimum atomic E-state index is -1.67. The van der Waals surface area contributed by atoms with Gasteiger partial charge >= 0.3 is 0 Å². The van der Waals surface area contributed by atoms with E-state index in [1.165, 1.54) is 18.7 Å². The van der Waals surface area contributed by atoms with Gasteiger partial charge in [0.05, 0.1) is 25.4 Å². The summed E-state index contributed by atoms with van der Waals surface area (Å²) in [6, 6.07) is -9.59. The van der Waals surface area contributed by atoms with Crippen LogP contribution in [-0.2, 0) is 38.4 Å². The summed E-state index contributed by atoms with van der Waals surface area (Å²) in [7, 11) is 0. The third-order valence-electron chi connectivity index (χ3n) is 9.68. The molecule has 19 heteroatoms. The van der Waals surface area contributed by atoms with Gasteiger partial charge in [-0.1, -0.05) is 48.0 Å². The standard InChI is InChI=1S/C36H62N8O11/c1-9-19(6)27-34(53)39-23(14-18(4)5)31(50)43-29(21(8)47)36(55)44-12-10-11-25(44)33(52)37-15-26(48)38-22(13-17(2)3)30(49)40-24(16-45)32(51)42-28(20(7)46)35(54)41-27/h17-25,27-29,45-47H,9-16H2,1-8H3,(H,37,52)(H,38,48)(H,39,53)(H,40,49)(H,41,54)(H,42,51)(H,43,50)/t19-,20+,21+,22-,23-,24-,25-,27-,28-,29-/m0/s1. The normalized spacial score (nSPS) is 29.1. The lowest BCUT2D eigenvalue weighted by atomic mass is 9.96. The Bertz CT molecular complexity index is 1390. The monoisotopic (exact) mass is 782 g/mol. The van der Waals surface area contributed by atoms with E-state index in [9.17, 15) is 53.7 Å². The van der Waals surface area contributed by atoms with Crippen molar-refractivity contribution in [3.63, 3.8) is 0 Å². The molecular weight excluding hydrogens is 720 g/mol. The summed E-state index contributed by atoms with van der Waals surface area (Å²) in [5.74, 6) is -7.46. The number of hydrogen-bond acceptors (Lipinski definition) is 11. The average molecular weight is 783 g/mol. The zero-order valence-corrected chi connectivity index (χ0v) is 33.1. The van der Waals surface area contributed by atoms with Crippen molar-refractivity contribution in [2.75, 3.05) is 19.7 Å². The molecule has 312 valence electrons. The molecule has 0 aliphatic carbocycles. The number of rotatable bonds is 9. The predicted octanol–water partition coefficient (Wildman–Crippen LogP) is -3.09. The van der Waals surface area contributed by atoms with Gasteiger partial charge in [-0.15, -0.1) is 0 Å². The molecule has 2 fully saturated rings. The molecule has 2 aliphatic heterocycles. The van der Waals surface area contributed by atoms with Crippen LogP contribution in [0.2, 0.25) is 0 Å². The maximum Gasteiger partial charge on any atom is 0.248 e. The molecule has 8 amide bonds. The van der Waals surface area contributed by atoms with E-state index in [2.05, 4.69) is 37.2 Å². The van der Waals surface area contributed by atoms with Crippen molar-refractivity contribution in [2.45, 2.75) is 142 Å². The largest absolute Gasteiger partial charge is 0.394 e. The maximum atomic E-state index is 13.8. The molecule has 2 saturated heterocycles. The molecule has 0 unspecified atom stereocenters. The Hall–Kier alpha value is -4.36. The molecule has 0 radical (unpaired) electrons. The molecule has 2 rings (SSSR count). The van der Waals surface area contributed by atoms with Gasteiger partial charge < -0.3 is 57.4 Å². The van der Waals surface area contributed by atoms with Crippen LogP contribution in [0.25, 0.3) is 0 Å². The number of hydrogen-bond donors (Lipinski definition) is 10. The first kappa shape index (κ1) is 46.8. The fourth-order valence-electron chi connectivity index (χ4n) is 6.39. The van der Waals surface area contributed by atoms with Crippen LogP contribution >= 0.6 is 0 Å². The lowest BCUT2D eigenvalue weighted by Gasteiger charge is -2.32. The second kappa shape index (κ2) is 21.7. The smallest absolute Gasteiger partial charge is 0.248 e. The third kappa shape index (κ3) is 13.7. The van der Waals surface area contributed by atoms with Gasteiger partial charge in [-0.25, -0.2) is 0 Å². The van der Waals surface area contributed by atoms with Crippen LogP contribution in [-0.4, -0.2) is 142 Å². The van der Waals surface area contributed by atoms with Gasteiger partial charge in [-0.05, 0) is 57.3 Å². The van der Waals surface area contributed by atoms with Crippen LogP contribution in [0.3, 0.4) is 0 Å². The first-order valence-corrected chi connectivity index (χ1v) is 19.1. The van der Waals surface area contributed by atoms with Gasteiger partial charge in [0.2, 0.25) is 47.3 Å². The summed E-state index contributed by atoms with van der Waals surface area (Å²) in [6.07, 6.45) is -1.74. The Morgan fingerprint density at radius 2 is 1.09 bits per heavy atom. The van der Waals surface area contributed by atoms with Crippen molar-refractivity contribution in [1.82, 2.24) is 42.1 Å². The van der Waals surface area contributed by atoms with Gasteiger partial charge in [0.25, 0.3) is 0 Å². The molecule has 0 spiro atoms. The zero-order valence-electron chi connectivity index (χ0n) is 33.1. The molecule has 55 heavy (non-hydrogen) atoms. The Balaban J connectivity index is 2.61. The van der Waals surface area contributed by atoms with Crippen LogP contribution in [0.4, 0.5) is 0 Å². The van der Waals surface area contributed by atoms with Crippen molar-refractivity contribution in [3.8, 4) is 0 Å². The van der Waals surface area contributed by atoms with E-state index in [1.807, 2.05) is 0 Å². The number of fused-ring (bicyclic) bond motifs is 1. The van der Waals surface area contributed by atoms with Gasteiger partial charge in [0, 0.05) is 6.54 Å². The third-order valence-corrected chi connectivity index (χ3v) is 9.68. The van der Waals surface area contributed by atoms with E-state index in [0.29, 0.717) is 12.8 Å². The zero-order chi connectivity index (χ0) is 41.7. The molecule has 10 N–H and O–H groups in total. The maximum absolute atomic E-state index is 13.8. The van der Waals surface area contributed by atoms with Crippen LogP contribution in [0.15, 0.2) is 0 Å². The predicted molar refractivity (Wildman–Crippen MR) is 198 cm³/mol. The lowest BCUT2D eigenvalue weighted by Crippen LogP contribution is -2.63. The molecule has 0 saturated carbocycles. The molecule has 0 bridgehead atoms. The van der Waals surface area contributed by atoms with Crippen molar-refractivity contribution in [3.05, 3.63) is 0 Å². The number of nitrogens with one attached hydrogen (secondary N) is 7. The molecule has 2 heterocycles. The number of carbonyl (C=O) groups is 8. The minimum Gasteiger partial charge on any atom is -0.394 e. The highest BCUT2D eigenvalue weighted by Gasteiger charge is 2.41. The van der Waals surface area contributed by atoms with Crippen LogP contribution in [0.5, 0.6) is 0 Å². The summed E-state index contributed by atoms with van der Waals surface area (Å²) in [5, 5.41) is 48.7. The first-order chi connectivity index (χ1) is 25.7. The second-order valence-electron chi connectivity index (χ2n) is 15.4. The Kier molecular flexibility index (Phi) is 18.4. The van der Waals surface area contributed by atoms with Crippen molar-refractivity contribution < 1.29 is 53.7 Å². The van der Waals surface area contributed by atoms with E-state index >= 15 is 0 Å². The number of nitrogens with zero attached hydrogens (tertiary/aromatic N) is 1. The summed E-state index contributed by atoms with van der Waals surface area (Å²) < 4.78 is 0. The molecule has 0 aromatic carbocycles.